The summed E-state index contributed by atoms with van der Waals surface area (Å²) in [6.07, 6.45) is 3.98. The second kappa shape index (κ2) is 5.47. The van der Waals surface area contributed by atoms with Gasteiger partial charge < -0.3 is 9.73 Å². The Morgan fingerprint density at radius 2 is 2.21 bits per heavy atom. The van der Waals surface area contributed by atoms with Crippen LogP contribution < -0.4 is 5.32 Å². The van der Waals surface area contributed by atoms with Crippen LogP contribution in [-0.4, -0.2) is 14.9 Å². The van der Waals surface area contributed by atoms with E-state index in [-0.39, 0.29) is 18.1 Å². The van der Waals surface area contributed by atoms with Crippen molar-refractivity contribution in [3.05, 3.63) is 45.8 Å². The molecule has 0 atom stereocenters. The number of nitrogens with one attached hydrogen (secondary N) is 1. The van der Waals surface area contributed by atoms with Gasteiger partial charge >= 0.3 is 5.69 Å². The molecule has 2 rings (SSSR count). The lowest BCUT2D eigenvalue weighted by Crippen LogP contribution is -2.05. The molecule has 2 aromatic rings. The summed E-state index contributed by atoms with van der Waals surface area (Å²) in [5.41, 5.74) is 0.684. The van der Waals surface area contributed by atoms with Crippen LogP contribution in [0.3, 0.4) is 0 Å². The fourth-order valence-electron chi connectivity index (χ4n) is 1.58. The van der Waals surface area contributed by atoms with Crippen molar-refractivity contribution in [2.45, 2.75) is 26.8 Å². The summed E-state index contributed by atoms with van der Waals surface area (Å²) in [7, 11) is 0. The van der Waals surface area contributed by atoms with Crippen LogP contribution in [0.25, 0.3) is 0 Å². The fraction of sp³-hybridized carbons (Fsp3) is 0.333. The third kappa shape index (κ3) is 3.06. The molecule has 2 aromatic heterocycles. The maximum atomic E-state index is 10.9. The minimum Gasteiger partial charge on any atom is -0.444 e. The van der Waals surface area contributed by atoms with Gasteiger partial charge in [-0.2, -0.15) is 0 Å². The first kappa shape index (κ1) is 13.0. The standard InChI is InChI=1S/C12H14N4O3/c1-3-9-6-13-11(19-9)7-15-12-10(16(17)18)4-8(2)5-14-12/h4-6H,3,7H2,1-2H3,(H,14,15). The van der Waals surface area contributed by atoms with Gasteiger partial charge in [-0.05, 0) is 12.5 Å². The number of rotatable bonds is 5. The minimum atomic E-state index is -0.463. The van der Waals surface area contributed by atoms with E-state index in [9.17, 15) is 10.1 Å². The highest BCUT2D eigenvalue weighted by atomic mass is 16.6. The van der Waals surface area contributed by atoms with Crippen LogP contribution in [0.1, 0.15) is 24.1 Å². The molecule has 0 saturated carbocycles. The largest absolute Gasteiger partial charge is 0.444 e. The Labute approximate surface area is 109 Å². The van der Waals surface area contributed by atoms with Gasteiger partial charge in [-0.3, -0.25) is 10.1 Å². The van der Waals surface area contributed by atoms with Gasteiger partial charge in [0, 0.05) is 18.7 Å². The molecular formula is C12H14N4O3. The van der Waals surface area contributed by atoms with E-state index in [0.29, 0.717) is 5.89 Å². The second-order valence-electron chi connectivity index (χ2n) is 4.06. The highest BCUT2D eigenvalue weighted by Crippen LogP contribution is 2.22. The first-order valence-corrected chi connectivity index (χ1v) is 5.88. The van der Waals surface area contributed by atoms with E-state index in [1.807, 2.05) is 6.92 Å². The smallest absolute Gasteiger partial charge is 0.311 e. The first-order valence-electron chi connectivity index (χ1n) is 5.88. The molecule has 0 bridgehead atoms. The van der Waals surface area contributed by atoms with Gasteiger partial charge in [-0.15, -0.1) is 0 Å². The molecule has 0 aliphatic rings. The number of nitro groups is 1. The normalized spacial score (nSPS) is 10.4. The summed E-state index contributed by atoms with van der Waals surface area (Å²) in [5, 5.41) is 13.8. The van der Waals surface area contributed by atoms with E-state index in [1.165, 1.54) is 6.07 Å². The molecule has 0 aromatic carbocycles. The Morgan fingerprint density at radius 3 is 2.84 bits per heavy atom. The molecule has 0 aliphatic carbocycles. The molecule has 0 spiro atoms. The van der Waals surface area contributed by atoms with Gasteiger partial charge in [0.2, 0.25) is 11.7 Å². The summed E-state index contributed by atoms with van der Waals surface area (Å²) in [6.45, 7) is 3.98. The second-order valence-corrected chi connectivity index (χ2v) is 4.06. The highest BCUT2D eigenvalue weighted by molar-refractivity contribution is 5.56. The van der Waals surface area contributed by atoms with E-state index >= 15 is 0 Å². The zero-order chi connectivity index (χ0) is 13.8. The summed E-state index contributed by atoms with van der Waals surface area (Å²) in [4.78, 5) is 18.5. The van der Waals surface area contributed by atoms with Gasteiger partial charge in [0.25, 0.3) is 0 Å². The van der Waals surface area contributed by atoms with E-state index in [1.54, 1.807) is 19.3 Å². The predicted molar refractivity (Wildman–Crippen MR) is 68.8 cm³/mol. The van der Waals surface area contributed by atoms with Gasteiger partial charge in [0.15, 0.2) is 0 Å². The molecular weight excluding hydrogens is 248 g/mol. The summed E-state index contributed by atoms with van der Waals surface area (Å²) in [6, 6.07) is 1.47. The minimum absolute atomic E-state index is 0.0535. The van der Waals surface area contributed by atoms with Crippen molar-refractivity contribution in [2.24, 2.45) is 0 Å². The number of aryl methyl sites for hydroxylation is 2. The number of hydrogen-bond acceptors (Lipinski definition) is 6. The lowest BCUT2D eigenvalue weighted by atomic mass is 10.3. The predicted octanol–water partition coefficient (Wildman–Crippen LogP) is 2.46. The summed E-state index contributed by atoms with van der Waals surface area (Å²) in [5.74, 6) is 1.48. The Hall–Kier alpha value is -2.44. The van der Waals surface area contributed by atoms with Crippen LogP contribution in [-0.2, 0) is 13.0 Å². The van der Waals surface area contributed by atoms with E-state index in [2.05, 4.69) is 15.3 Å². The molecule has 0 unspecified atom stereocenters. The Morgan fingerprint density at radius 1 is 1.42 bits per heavy atom. The van der Waals surface area contributed by atoms with Crippen LogP contribution in [0.15, 0.2) is 22.9 Å². The molecule has 100 valence electrons. The molecule has 0 radical (unpaired) electrons. The van der Waals surface area contributed by atoms with Crippen molar-refractivity contribution in [3.8, 4) is 0 Å². The Kier molecular flexibility index (Phi) is 3.74. The van der Waals surface area contributed by atoms with Gasteiger partial charge in [0.05, 0.1) is 17.7 Å². The lowest BCUT2D eigenvalue weighted by Gasteiger charge is -2.04. The molecule has 0 aliphatic heterocycles. The molecule has 7 nitrogen and oxygen atoms in total. The molecule has 7 heteroatoms. The van der Waals surface area contributed by atoms with E-state index in [4.69, 9.17) is 4.42 Å². The molecule has 0 fully saturated rings. The number of nitrogens with zero attached hydrogens (tertiary/aromatic N) is 3. The van der Waals surface area contributed by atoms with E-state index in [0.717, 1.165) is 17.7 Å². The number of oxazole rings is 1. The average molecular weight is 262 g/mol. The van der Waals surface area contributed by atoms with Crippen molar-refractivity contribution >= 4 is 11.5 Å². The van der Waals surface area contributed by atoms with Crippen molar-refractivity contribution in [2.75, 3.05) is 5.32 Å². The van der Waals surface area contributed by atoms with Crippen LogP contribution in [0.2, 0.25) is 0 Å². The highest BCUT2D eigenvalue weighted by Gasteiger charge is 2.15. The number of anilines is 1. The summed E-state index contributed by atoms with van der Waals surface area (Å²) < 4.78 is 5.41. The number of aromatic nitrogens is 2. The lowest BCUT2D eigenvalue weighted by molar-refractivity contribution is -0.384. The zero-order valence-corrected chi connectivity index (χ0v) is 10.7. The van der Waals surface area contributed by atoms with Gasteiger partial charge in [-0.1, -0.05) is 6.92 Å². The van der Waals surface area contributed by atoms with Crippen molar-refractivity contribution < 1.29 is 9.34 Å². The topological polar surface area (TPSA) is 94.1 Å². The molecule has 0 saturated heterocycles. The third-order valence-corrected chi connectivity index (χ3v) is 2.56. The Balaban J connectivity index is 2.12. The maximum absolute atomic E-state index is 10.9. The number of pyridine rings is 1. The SMILES string of the molecule is CCc1cnc(CNc2ncc(C)cc2[N+](=O)[O-])o1. The quantitative estimate of drug-likeness (QED) is 0.657. The van der Waals surface area contributed by atoms with E-state index < -0.39 is 4.92 Å². The molecule has 19 heavy (non-hydrogen) atoms. The maximum Gasteiger partial charge on any atom is 0.311 e. The zero-order valence-electron chi connectivity index (χ0n) is 10.7. The summed E-state index contributed by atoms with van der Waals surface area (Å²) >= 11 is 0. The van der Waals surface area contributed by atoms with Gasteiger partial charge in [0.1, 0.15) is 5.76 Å². The van der Waals surface area contributed by atoms with Crippen molar-refractivity contribution in [3.63, 3.8) is 0 Å². The van der Waals surface area contributed by atoms with Crippen molar-refractivity contribution in [1.82, 2.24) is 9.97 Å². The average Bonchev–Trinajstić information content (AvgIpc) is 2.85. The molecule has 0 amide bonds. The molecule has 1 N–H and O–H groups in total. The first-order chi connectivity index (χ1) is 9.10. The molecule has 2 heterocycles. The van der Waals surface area contributed by atoms with Crippen LogP contribution in [0.5, 0.6) is 0 Å². The van der Waals surface area contributed by atoms with Gasteiger partial charge in [-0.25, -0.2) is 9.97 Å². The van der Waals surface area contributed by atoms with Crippen LogP contribution in [0.4, 0.5) is 11.5 Å². The number of hydrogen-bond donors (Lipinski definition) is 1. The Bertz CT molecular complexity index is 594. The van der Waals surface area contributed by atoms with Crippen LogP contribution >= 0.6 is 0 Å². The van der Waals surface area contributed by atoms with Crippen molar-refractivity contribution in [1.29, 1.82) is 0 Å². The fourth-order valence-corrected chi connectivity index (χ4v) is 1.58. The van der Waals surface area contributed by atoms with Crippen LogP contribution in [0, 0.1) is 17.0 Å². The third-order valence-electron chi connectivity index (χ3n) is 2.56. The monoisotopic (exact) mass is 262 g/mol.